The summed E-state index contributed by atoms with van der Waals surface area (Å²) in [7, 11) is -8.31. The molecule has 0 fully saturated rings. The Morgan fingerprint density at radius 1 is 0.323 bits per heavy atom. The summed E-state index contributed by atoms with van der Waals surface area (Å²) in [4.78, 5) is 12.0. The topological polar surface area (TPSA) is 29.5 Å². The summed E-state index contributed by atoms with van der Waals surface area (Å²) in [6, 6.07) is 23.1. The van der Waals surface area contributed by atoms with Crippen molar-refractivity contribution in [2.24, 2.45) is 0 Å². The minimum Gasteiger partial charge on any atom is -0.431 e. The average Bonchev–Trinajstić information content (AvgIpc) is 3.21. The molecule has 0 saturated carbocycles. The van der Waals surface area contributed by atoms with Gasteiger partial charge in [0.2, 0.25) is 0 Å². The Labute approximate surface area is 412 Å². The van der Waals surface area contributed by atoms with Crippen molar-refractivity contribution in [1.29, 1.82) is 0 Å². The second kappa shape index (κ2) is 33.6. The second-order valence-corrected chi connectivity index (χ2v) is 50.4. The molecule has 0 radical (unpaired) electrons. The summed E-state index contributed by atoms with van der Waals surface area (Å²) in [5.41, 5.74) is 0. The molecule has 8 heteroatoms. The van der Waals surface area contributed by atoms with Gasteiger partial charge in [0.25, 0.3) is 0 Å². The molecule has 65 heavy (non-hydrogen) atoms. The summed E-state index contributed by atoms with van der Waals surface area (Å²) < 4.78 is 6.54. The normalized spacial score (nSPS) is 12.7. The molecule has 0 aliphatic carbocycles. The van der Waals surface area contributed by atoms with Gasteiger partial charge in [0.15, 0.2) is 16.6 Å². The first-order chi connectivity index (χ1) is 30.6. The van der Waals surface area contributed by atoms with Gasteiger partial charge in [-0.15, -0.1) is 78.9 Å². The Bertz CT molecular complexity index is 1270. The number of hydrogen-bond acceptors (Lipinski definition) is 2. The third kappa shape index (κ3) is 22.8. The lowest BCUT2D eigenvalue weighted by molar-refractivity contribution is 0.355. The average molecular weight is 992 g/mol. The van der Waals surface area contributed by atoms with Crippen molar-refractivity contribution in [2.45, 2.75) is 198 Å². The Morgan fingerprint density at radius 2 is 0.508 bits per heavy atom. The van der Waals surface area contributed by atoms with Crippen LogP contribution in [0, 0.1) is 0 Å². The SMILES string of the molecule is C=CC[Si](CC=C)(CC=C)CCC[Si](CCC[Si](CC=C)(CC=C)CC=C)(OC)C(C)(C)C.C=CC[Si](CC=C)(CC=C)CCC[Si](O)(CCC[Si](CC=C)(CC=C)CC=C)C(C)(C)C. The predicted molar refractivity (Wildman–Crippen MR) is 320 cm³/mol. The Morgan fingerprint density at radius 3 is 0.646 bits per heavy atom. The van der Waals surface area contributed by atoms with Crippen molar-refractivity contribution < 1.29 is 9.22 Å². The molecule has 0 saturated heterocycles. The van der Waals surface area contributed by atoms with Gasteiger partial charge in [0.05, 0.1) is 32.3 Å². The van der Waals surface area contributed by atoms with Crippen LogP contribution in [0.4, 0.5) is 0 Å². The molecule has 0 amide bonds. The van der Waals surface area contributed by atoms with E-state index in [9.17, 15) is 4.80 Å². The molecule has 1 N–H and O–H groups in total. The van der Waals surface area contributed by atoms with E-state index in [0.29, 0.717) is 0 Å². The first kappa shape index (κ1) is 65.2. The Hall–Kier alpha value is -1.90. The third-order valence-electron chi connectivity index (χ3n) is 15.3. The van der Waals surface area contributed by atoms with Gasteiger partial charge in [-0.3, -0.25) is 0 Å². The Balaban J connectivity index is 0. The van der Waals surface area contributed by atoms with Crippen LogP contribution in [0.15, 0.2) is 152 Å². The zero-order valence-corrected chi connectivity index (χ0v) is 50.2. The highest BCUT2D eigenvalue weighted by Gasteiger charge is 2.46. The van der Waals surface area contributed by atoms with E-state index in [0.717, 1.165) is 97.5 Å². The van der Waals surface area contributed by atoms with Crippen molar-refractivity contribution in [3.05, 3.63) is 152 Å². The third-order valence-corrected chi connectivity index (χ3v) is 45.8. The van der Waals surface area contributed by atoms with E-state index in [1.807, 2.05) is 7.11 Å². The van der Waals surface area contributed by atoms with Crippen LogP contribution in [0.2, 0.25) is 131 Å². The molecule has 0 rings (SSSR count). The lowest BCUT2D eigenvalue weighted by Crippen LogP contribution is -2.47. The molecule has 0 atom stereocenters. The summed E-state index contributed by atoms with van der Waals surface area (Å²) in [5.74, 6) is 0. The lowest BCUT2D eigenvalue weighted by atomic mass is 10.2. The molecule has 0 aliphatic rings. The van der Waals surface area contributed by atoms with Crippen LogP contribution in [-0.4, -0.2) is 60.8 Å². The van der Waals surface area contributed by atoms with Crippen LogP contribution in [0.25, 0.3) is 0 Å². The molecule has 0 aromatic carbocycles. The second-order valence-electron chi connectivity index (χ2n) is 22.1. The Kier molecular flexibility index (Phi) is 33.7. The van der Waals surface area contributed by atoms with Crippen LogP contribution in [-0.2, 0) is 4.43 Å². The minimum atomic E-state index is -2.40. The summed E-state index contributed by atoms with van der Waals surface area (Å²) in [5, 5.41) is 0.215. The summed E-state index contributed by atoms with van der Waals surface area (Å²) >= 11 is 0. The van der Waals surface area contributed by atoms with Crippen LogP contribution in [0.1, 0.15) is 67.2 Å². The lowest BCUT2D eigenvalue weighted by Gasteiger charge is -2.43. The van der Waals surface area contributed by atoms with Gasteiger partial charge < -0.3 is 9.22 Å². The fourth-order valence-electron chi connectivity index (χ4n) is 11.2. The van der Waals surface area contributed by atoms with Gasteiger partial charge in [-0.05, 0) is 107 Å². The highest BCUT2D eigenvalue weighted by molar-refractivity contribution is 6.83. The van der Waals surface area contributed by atoms with Gasteiger partial charge in [-0.1, -0.05) is 164 Å². The molecule has 0 heterocycles. The van der Waals surface area contributed by atoms with Crippen LogP contribution in [0.3, 0.4) is 0 Å². The first-order valence-electron chi connectivity index (χ1n) is 25.2. The molecule has 0 aromatic rings. The van der Waals surface area contributed by atoms with Gasteiger partial charge in [-0.25, -0.2) is 0 Å². The van der Waals surface area contributed by atoms with Crippen molar-refractivity contribution >= 4 is 48.9 Å². The van der Waals surface area contributed by atoms with Gasteiger partial charge in [-0.2, -0.15) is 0 Å². The minimum absolute atomic E-state index is 0.00788. The fraction of sp³-hybridized carbons (Fsp3) is 0.579. The molecular weight excluding hydrogens is 885 g/mol. The zero-order chi connectivity index (χ0) is 50.2. The van der Waals surface area contributed by atoms with E-state index < -0.39 is 48.9 Å². The number of allylic oxidation sites excluding steroid dienone is 12. The van der Waals surface area contributed by atoms with E-state index in [1.165, 1.54) is 49.1 Å². The van der Waals surface area contributed by atoms with Crippen LogP contribution >= 0.6 is 0 Å². The van der Waals surface area contributed by atoms with E-state index in [-0.39, 0.29) is 10.1 Å². The van der Waals surface area contributed by atoms with Gasteiger partial charge >= 0.3 is 0 Å². The predicted octanol–water partition coefficient (Wildman–Crippen LogP) is 19.7. The molecule has 0 spiro atoms. The first-order valence-corrected chi connectivity index (χ1v) is 41.2. The summed E-state index contributed by atoms with van der Waals surface area (Å²) in [6.07, 6.45) is 30.1. The van der Waals surface area contributed by atoms with Crippen LogP contribution in [0.5, 0.6) is 0 Å². The molecular formula is C57H106O2Si6. The smallest absolute Gasteiger partial charge is 0.197 e. The maximum atomic E-state index is 12.0. The standard InChI is InChI=1S/C29H54OSi3.C28H52OSi3/c1-11-19-31(20-12-2,21-13-3)25-17-27-33(30-10,29(7,8)9)28-18-26-32(22-14-4,23-15-5)24-16-6;1-10-18-30(19-11-2,20-12-3)24-16-26-32(29,28(7,8)9)27-17-25-31(21-13-4,22-14-5)23-15-6/h11-16H,1-6,17-28H2,7-10H3;10-15,29H,1-6,16-27H2,7-9H3. The van der Waals surface area contributed by atoms with E-state index >= 15 is 0 Å². The molecule has 0 aliphatic heterocycles. The van der Waals surface area contributed by atoms with Gasteiger partial charge in [0.1, 0.15) is 0 Å². The molecule has 0 bridgehead atoms. The molecule has 0 aromatic heterocycles. The van der Waals surface area contributed by atoms with E-state index in [2.05, 4.69) is 193 Å². The number of rotatable bonds is 41. The monoisotopic (exact) mass is 991 g/mol. The largest absolute Gasteiger partial charge is 0.431 e. The highest BCUT2D eigenvalue weighted by atomic mass is 28.4. The van der Waals surface area contributed by atoms with Crippen molar-refractivity contribution in [1.82, 2.24) is 0 Å². The van der Waals surface area contributed by atoms with Crippen LogP contribution < -0.4 is 0 Å². The summed E-state index contributed by atoms with van der Waals surface area (Å²) in [6.45, 7) is 62.5. The zero-order valence-electron chi connectivity index (χ0n) is 44.2. The van der Waals surface area contributed by atoms with E-state index in [4.69, 9.17) is 4.43 Å². The maximum absolute atomic E-state index is 12.0. The molecule has 0 unspecified atom stereocenters. The number of hydrogen-bond donors (Lipinski definition) is 1. The van der Waals surface area contributed by atoms with Crippen molar-refractivity contribution in [2.75, 3.05) is 7.11 Å². The van der Waals surface area contributed by atoms with Gasteiger partial charge in [0, 0.05) is 7.11 Å². The van der Waals surface area contributed by atoms with E-state index in [1.54, 1.807) is 0 Å². The van der Waals surface area contributed by atoms with Crippen molar-refractivity contribution in [3.8, 4) is 0 Å². The molecule has 370 valence electrons. The van der Waals surface area contributed by atoms with Crippen molar-refractivity contribution in [3.63, 3.8) is 0 Å². The quantitative estimate of drug-likeness (QED) is 0.0489. The molecule has 2 nitrogen and oxygen atoms in total. The fourth-order valence-corrected chi connectivity index (χ4v) is 35.6. The highest BCUT2D eigenvalue weighted by Crippen LogP contribution is 2.47. The maximum Gasteiger partial charge on any atom is 0.197 e.